The lowest BCUT2D eigenvalue weighted by atomic mass is 9.82. The average Bonchev–Trinajstić information content (AvgIpc) is 3.65. The Kier molecular flexibility index (Phi) is 6.77. The molecule has 49 heavy (non-hydrogen) atoms. The number of hydrogen-bond acceptors (Lipinski definition) is 2. The zero-order chi connectivity index (χ0) is 33.4. The highest BCUT2D eigenvalue weighted by Gasteiger charge is 2.33. The number of nitrogens with two attached hydrogens (primary N) is 1. The molecule has 4 aliphatic rings. The molecule has 0 saturated heterocycles. The molecule has 2 N–H and O–H groups in total. The van der Waals surface area contributed by atoms with Crippen molar-refractivity contribution >= 4 is 27.9 Å². The van der Waals surface area contributed by atoms with Gasteiger partial charge in [0.15, 0.2) is 0 Å². The molecule has 240 valence electrons. The number of hydrogen-bond donors (Lipinski definition) is 1. The molecule has 5 aromatic rings. The number of fused-ring (bicyclic) bond motifs is 7. The first-order valence-electron chi connectivity index (χ1n) is 17.6. The van der Waals surface area contributed by atoms with Gasteiger partial charge in [0.05, 0.1) is 5.52 Å². The van der Waals surface area contributed by atoms with Crippen molar-refractivity contribution in [2.24, 2.45) is 5.73 Å². The van der Waals surface area contributed by atoms with Crippen LogP contribution in [0.25, 0.3) is 33.3 Å². The molecule has 0 bridgehead atoms. The van der Waals surface area contributed by atoms with Gasteiger partial charge in [-0.3, -0.25) is 0 Å². The molecule has 1 unspecified atom stereocenters. The van der Waals surface area contributed by atoms with Gasteiger partial charge in [-0.15, -0.1) is 0 Å². The number of nitrogens with zero attached hydrogens (tertiary/aromatic N) is 2. The van der Waals surface area contributed by atoms with Gasteiger partial charge in [-0.25, -0.2) is 0 Å². The molecule has 1 aromatic heterocycles. The molecule has 0 fully saturated rings. The molecule has 1 heterocycles. The lowest BCUT2D eigenvalue weighted by Crippen LogP contribution is -2.30. The van der Waals surface area contributed by atoms with Crippen molar-refractivity contribution in [1.82, 2.24) is 4.57 Å². The maximum Gasteiger partial charge on any atom is 0.0558 e. The maximum absolute atomic E-state index is 6.85. The fraction of sp³-hybridized carbons (Fsp3) is 0.217. The van der Waals surface area contributed by atoms with Crippen molar-refractivity contribution in [3.63, 3.8) is 0 Å². The molecule has 0 saturated carbocycles. The third-order valence-corrected chi connectivity index (χ3v) is 10.9. The standard InChI is InChI=1S/C46H41N3/c1-29-20-22-31(23-21-29)48(42-19-11-17-34-33-16-10-18-40(46(2,3)4)38(33)27-39(34)42)32-24-25-37-43(26-32)49(30-12-6-5-7-13-30)44-28-41(47)35-14-8-9-15-36(35)45(37)44/h5-7,10-20,22,24-26,41H,21,23,27-28,47H2,1-4H3. The summed E-state index contributed by atoms with van der Waals surface area (Å²) in [4.78, 5) is 2.55. The lowest BCUT2D eigenvalue weighted by Gasteiger charge is -2.31. The highest BCUT2D eigenvalue weighted by Crippen LogP contribution is 2.49. The predicted octanol–water partition coefficient (Wildman–Crippen LogP) is 10.8. The van der Waals surface area contributed by atoms with E-state index in [0.717, 1.165) is 36.9 Å². The number of benzene rings is 4. The monoisotopic (exact) mass is 635 g/mol. The smallest absolute Gasteiger partial charge is 0.0558 e. The van der Waals surface area contributed by atoms with Gasteiger partial charge in [0.2, 0.25) is 0 Å². The maximum atomic E-state index is 6.85. The van der Waals surface area contributed by atoms with Crippen LogP contribution in [-0.4, -0.2) is 10.6 Å². The summed E-state index contributed by atoms with van der Waals surface area (Å²) in [6.07, 6.45) is 12.5. The molecular weight excluding hydrogens is 595 g/mol. The molecule has 4 aromatic carbocycles. The molecule has 1 atom stereocenters. The SMILES string of the molecule is CC1=CC=C(N(c2ccc3c4c(n(-c5ccccc5)c3c2)CC(N)C2=C4C=C=C=C2)c2cccc3c2Cc2c-3cccc2C(C)(C)C)CC1. The second kappa shape index (κ2) is 11.1. The van der Waals surface area contributed by atoms with Crippen molar-refractivity contribution < 1.29 is 0 Å². The van der Waals surface area contributed by atoms with E-state index >= 15 is 0 Å². The Hall–Kier alpha value is -5.30. The van der Waals surface area contributed by atoms with Crippen LogP contribution in [0.1, 0.15) is 68.5 Å². The summed E-state index contributed by atoms with van der Waals surface area (Å²) >= 11 is 0. The molecule has 4 aliphatic carbocycles. The largest absolute Gasteiger partial charge is 0.324 e. The molecule has 3 nitrogen and oxygen atoms in total. The summed E-state index contributed by atoms with van der Waals surface area (Å²) in [6.45, 7) is 9.24. The molecule has 3 heteroatoms. The topological polar surface area (TPSA) is 34.2 Å². The van der Waals surface area contributed by atoms with E-state index in [-0.39, 0.29) is 11.5 Å². The zero-order valence-electron chi connectivity index (χ0n) is 28.8. The molecule has 0 spiro atoms. The zero-order valence-corrected chi connectivity index (χ0v) is 28.8. The second-order valence-corrected chi connectivity index (χ2v) is 15.0. The minimum absolute atomic E-state index is 0.0748. The van der Waals surface area contributed by atoms with E-state index in [1.807, 2.05) is 6.08 Å². The quantitative estimate of drug-likeness (QED) is 0.196. The number of para-hydroxylation sites is 1. The molecule has 0 radical (unpaired) electrons. The van der Waals surface area contributed by atoms with Crippen LogP contribution in [0, 0.1) is 0 Å². The summed E-state index contributed by atoms with van der Waals surface area (Å²) < 4.78 is 2.45. The predicted molar refractivity (Wildman–Crippen MR) is 205 cm³/mol. The van der Waals surface area contributed by atoms with Crippen LogP contribution < -0.4 is 10.6 Å². The van der Waals surface area contributed by atoms with Crippen LogP contribution in [0.15, 0.2) is 138 Å². The summed E-state index contributed by atoms with van der Waals surface area (Å²) in [5.41, 5.74) is 32.7. The molecular formula is C46H41N3. The van der Waals surface area contributed by atoms with Gasteiger partial charge in [0, 0.05) is 58.3 Å². The highest BCUT2D eigenvalue weighted by molar-refractivity contribution is 6.02. The third-order valence-electron chi connectivity index (χ3n) is 10.9. The first kappa shape index (κ1) is 29.8. The van der Waals surface area contributed by atoms with E-state index in [2.05, 4.69) is 152 Å². The van der Waals surface area contributed by atoms with E-state index < -0.39 is 0 Å². The number of aromatic nitrogens is 1. The van der Waals surface area contributed by atoms with Gasteiger partial charge in [-0.1, -0.05) is 98.5 Å². The van der Waals surface area contributed by atoms with Gasteiger partial charge in [0.25, 0.3) is 0 Å². The van der Waals surface area contributed by atoms with E-state index in [9.17, 15) is 0 Å². The van der Waals surface area contributed by atoms with Crippen LogP contribution in [0.5, 0.6) is 0 Å². The van der Waals surface area contributed by atoms with Crippen LogP contribution >= 0.6 is 0 Å². The Labute approximate surface area is 289 Å². The summed E-state index contributed by atoms with van der Waals surface area (Å²) in [5, 5.41) is 1.24. The van der Waals surface area contributed by atoms with E-state index in [4.69, 9.17) is 5.73 Å². The van der Waals surface area contributed by atoms with Crippen molar-refractivity contribution in [1.29, 1.82) is 0 Å². The Morgan fingerprint density at radius 3 is 2.37 bits per heavy atom. The summed E-state index contributed by atoms with van der Waals surface area (Å²) in [7, 11) is 0. The van der Waals surface area contributed by atoms with Gasteiger partial charge >= 0.3 is 0 Å². The van der Waals surface area contributed by atoms with Gasteiger partial charge in [-0.05, 0) is 113 Å². The highest BCUT2D eigenvalue weighted by atomic mass is 15.2. The van der Waals surface area contributed by atoms with Crippen molar-refractivity contribution in [2.75, 3.05) is 4.90 Å². The van der Waals surface area contributed by atoms with E-state index in [0.29, 0.717) is 0 Å². The molecule has 0 aliphatic heterocycles. The summed E-state index contributed by atoms with van der Waals surface area (Å²) in [6, 6.07) is 31.5. The Bertz CT molecular complexity index is 2410. The number of rotatable bonds is 4. The Morgan fingerprint density at radius 2 is 1.59 bits per heavy atom. The average molecular weight is 636 g/mol. The lowest BCUT2D eigenvalue weighted by molar-refractivity contribution is 0.585. The van der Waals surface area contributed by atoms with Gasteiger partial charge in [-0.2, -0.15) is 0 Å². The second-order valence-electron chi connectivity index (χ2n) is 15.0. The van der Waals surface area contributed by atoms with Crippen LogP contribution in [0.4, 0.5) is 11.4 Å². The van der Waals surface area contributed by atoms with Crippen LogP contribution in [-0.2, 0) is 18.3 Å². The van der Waals surface area contributed by atoms with Crippen LogP contribution in [0.2, 0.25) is 0 Å². The van der Waals surface area contributed by atoms with Crippen molar-refractivity contribution in [2.45, 2.75) is 64.8 Å². The first-order chi connectivity index (χ1) is 23.8. The molecule has 0 amide bonds. The Balaban J connectivity index is 1.28. The van der Waals surface area contributed by atoms with Gasteiger partial charge < -0.3 is 15.2 Å². The fourth-order valence-electron chi connectivity index (χ4n) is 8.58. The number of anilines is 2. The van der Waals surface area contributed by atoms with E-state index in [1.54, 1.807) is 0 Å². The van der Waals surface area contributed by atoms with E-state index in [1.165, 1.54) is 78.2 Å². The summed E-state index contributed by atoms with van der Waals surface area (Å²) in [5.74, 6) is 0. The fourth-order valence-corrected chi connectivity index (χ4v) is 8.58. The first-order valence-corrected chi connectivity index (χ1v) is 17.6. The minimum atomic E-state index is -0.0926. The van der Waals surface area contributed by atoms with Crippen LogP contribution in [0.3, 0.4) is 0 Å². The van der Waals surface area contributed by atoms with Crippen molar-refractivity contribution in [3.8, 4) is 16.8 Å². The molecule has 9 rings (SSSR count). The Morgan fingerprint density at radius 1 is 0.816 bits per heavy atom. The number of allylic oxidation sites excluding steroid dienone is 6. The van der Waals surface area contributed by atoms with Gasteiger partial charge in [0.1, 0.15) is 0 Å². The normalized spacial score (nSPS) is 17.4. The van der Waals surface area contributed by atoms with Crippen molar-refractivity contribution in [3.05, 3.63) is 165 Å². The third kappa shape index (κ3) is 4.70. The minimum Gasteiger partial charge on any atom is -0.324 e.